The van der Waals surface area contributed by atoms with Gasteiger partial charge in [0.25, 0.3) is 5.91 Å². The molecule has 2 atom stereocenters. The molecule has 0 aliphatic carbocycles. The summed E-state index contributed by atoms with van der Waals surface area (Å²) in [4.78, 5) is 12.7. The van der Waals surface area contributed by atoms with Crippen LogP contribution in [0.15, 0.2) is 30.3 Å². The van der Waals surface area contributed by atoms with Crippen LogP contribution in [-0.4, -0.2) is 12.0 Å². The molecule has 0 aliphatic rings. The highest BCUT2D eigenvalue weighted by Crippen LogP contribution is 2.24. The Balaban J connectivity index is 2.10. The molecular formula is C22H28ClNO2. The second-order valence-electron chi connectivity index (χ2n) is 6.95. The van der Waals surface area contributed by atoms with Gasteiger partial charge in [-0.1, -0.05) is 30.7 Å². The Labute approximate surface area is 161 Å². The summed E-state index contributed by atoms with van der Waals surface area (Å²) in [5.74, 6) is 0.550. The van der Waals surface area contributed by atoms with E-state index in [4.69, 9.17) is 16.3 Å². The van der Waals surface area contributed by atoms with E-state index in [2.05, 4.69) is 38.2 Å². The Morgan fingerprint density at radius 1 is 1.04 bits per heavy atom. The molecule has 0 spiro atoms. The van der Waals surface area contributed by atoms with E-state index in [1.54, 1.807) is 12.1 Å². The van der Waals surface area contributed by atoms with Crippen LogP contribution < -0.4 is 10.1 Å². The largest absolute Gasteiger partial charge is 0.481 e. The van der Waals surface area contributed by atoms with Crippen LogP contribution in [0.5, 0.6) is 5.75 Å². The van der Waals surface area contributed by atoms with Crippen molar-refractivity contribution in [2.24, 2.45) is 0 Å². The molecule has 2 rings (SSSR count). The minimum atomic E-state index is -0.537. The van der Waals surface area contributed by atoms with Gasteiger partial charge in [0.15, 0.2) is 6.10 Å². The molecule has 0 unspecified atom stereocenters. The highest BCUT2D eigenvalue weighted by molar-refractivity contribution is 6.31. The Morgan fingerprint density at radius 2 is 1.69 bits per heavy atom. The van der Waals surface area contributed by atoms with Crippen LogP contribution in [0, 0.1) is 27.7 Å². The lowest BCUT2D eigenvalue weighted by Crippen LogP contribution is -2.39. The zero-order valence-electron chi connectivity index (χ0n) is 16.4. The molecule has 4 heteroatoms. The third kappa shape index (κ3) is 4.79. The van der Waals surface area contributed by atoms with Crippen LogP contribution >= 0.6 is 11.6 Å². The Bertz CT molecular complexity index is 801. The third-order valence-electron chi connectivity index (χ3n) is 4.78. The number of halogens is 1. The van der Waals surface area contributed by atoms with E-state index < -0.39 is 6.10 Å². The second-order valence-corrected chi connectivity index (χ2v) is 7.36. The normalized spacial score (nSPS) is 13.2. The van der Waals surface area contributed by atoms with Crippen molar-refractivity contribution >= 4 is 17.5 Å². The number of amides is 1. The van der Waals surface area contributed by atoms with Crippen LogP contribution in [-0.2, 0) is 4.79 Å². The number of ether oxygens (including phenoxy) is 1. The number of carbonyl (C=O) groups is 1. The molecule has 0 aromatic heterocycles. The lowest BCUT2D eigenvalue weighted by molar-refractivity contribution is -0.128. The quantitative estimate of drug-likeness (QED) is 0.714. The molecule has 140 valence electrons. The topological polar surface area (TPSA) is 38.3 Å². The molecule has 0 radical (unpaired) electrons. The van der Waals surface area contributed by atoms with Gasteiger partial charge in [-0.05, 0) is 87.1 Å². The second kappa shape index (κ2) is 8.59. The van der Waals surface area contributed by atoms with E-state index >= 15 is 0 Å². The van der Waals surface area contributed by atoms with Gasteiger partial charge in [-0.15, -0.1) is 0 Å². The molecule has 0 bridgehead atoms. The summed E-state index contributed by atoms with van der Waals surface area (Å²) in [5, 5.41) is 3.78. The summed E-state index contributed by atoms with van der Waals surface area (Å²) in [5.41, 5.74) is 5.74. The minimum absolute atomic E-state index is 0.0774. The lowest BCUT2D eigenvalue weighted by atomic mass is 9.96. The number of hydrogen-bond acceptors (Lipinski definition) is 2. The predicted octanol–water partition coefficient (Wildman–Crippen LogP) is 5.61. The van der Waals surface area contributed by atoms with Gasteiger partial charge in [-0.2, -0.15) is 0 Å². The fourth-order valence-corrected chi connectivity index (χ4v) is 3.13. The van der Waals surface area contributed by atoms with Gasteiger partial charge in [0.05, 0.1) is 6.04 Å². The molecule has 0 fully saturated rings. The minimum Gasteiger partial charge on any atom is -0.481 e. The first-order chi connectivity index (χ1) is 12.2. The molecule has 0 aliphatic heterocycles. The average molecular weight is 374 g/mol. The molecule has 1 N–H and O–H groups in total. The molecule has 0 heterocycles. The van der Waals surface area contributed by atoms with Crippen molar-refractivity contribution in [2.75, 3.05) is 0 Å². The first-order valence-corrected chi connectivity index (χ1v) is 9.41. The lowest BCUT2D eigenvalue weighted by Gasteiger charge is -2.22. The highest BCUT2D eigenvalue weighted by Gasteiger charge is 2.21. The maximum atomic E-state index is 12.7. The smallest absolute Gasteiger partial charge is 0.261 e. The number of carbonyl (C=O) groups excluding carboxylic acids is 1. The van der Waals surface area contributed by atoms with Gasteiger partial charge in [0, 0.05) is 5.02 Å². The van der Waals surface area contributed by atoms with Crippen molar-refractivity contribution in [1.29, 1.82) is 0 Å². The predicted molar refractivity (Wildman–Crippen MR) is 108 cm³/mol. The van der Waals surface area contributed by atoms with Crippen molar-refractivity contribution < 1.29 is 9.53 Å². The SMILES string of the molecule is CC[C@H](Oc1ccc(Cl)c(C)c1)C(=O)N[C@H](C)c1cc(C)c(C)cc1C. The summed E-state index contributed by atoms with van der Waals surface area (Å²) in [6, 6.07) is 9.68. The fourth-order valence-electron chi connectivity index (χ4n) is 3.01. The molecule has 0 saturated heterocycles. The number of aryl methyl sites for hydroxylation is 4. The average Bonchev–Trinajstić information content (AvgIpc) is 2.58. The molecule has 2 aromatic carbocycles. The third-order valence-corrected chi connectivity index (χ3v) is 5.20. The number of benzene rings is 2. The molecular weight excluding hydrogens is 346 g/mol. The fraction of sp³-hybridized carbons (Fsp3) is 0.409. The molecule has 0 saturated carbocycles. The summed E-state index contributed by atoms with van der Waals surface area (Å²) < 4.78 is 5.90. The Morgan fingerprint density at radius 3 is 2.31 bits per heavy atom. The van der Waals surface area contributed by atoms with E-state index in [9.17, 15) is 4.79 Å². The number of hydrogen-bond donors (Lipinski definition) is 1. The van der Waals surface area contributed by atoms with Crippen molar-refractivity contribution in [3.05, 3.63) is 63.2 Å². The van der Waals surface area contributed by atoms with E-state index in [1.807, 2.05) is 26.8 Å². The van der Waals surface area contributed by atoms with Gasteiger partial charge in [0.1, 0.15) is 5.75 Å². The maximum absolute atomic E-state index is 12.7. The van der Waals surface area contributed by atoms with Crippen molar-refractivity contribution in [3.8, 4) is 5.75 Å². The van der Waals surface area contributed by atoms with Gasteiger partial charge in [-0.25, -0.2) is 0 Å². The van der Waals surface area contributed by atoms with E-state index in [0.29, 0.717) is 17.2 Å². The highest BCUT2D eigenvalue weighted by atomic mass is 35.5. The van der Waals surface area contributed by atoms with Crippen molar-refractivity contribution in [3.63, 3.8) is 0 Å². The van der Waals surface area contributed by atoms with Crippen LogP contribution in [0.3, 0.4) is 0 Å². The van der Waals surface area contributed by atoms with Crippen molar-refractivity contribution in [2.45, 2.75) is 60.1 Å². The van der Waals surface area contributed by atoms with Crippen LogP contribution in [0.1, 0.15) is 54.1 Å². The summed E-state index contributed by atoms with van der Waals surface area (Å²) in [6.45, 7) is 12.1. The summed E-state index contributed by atoms with van der Waals surface area (Å²) in [7, 11) is 0. The number of nitrogens with one attached hydrogen (secondary N) is 1. The van der Waals surface area contributed by atoms with E-state index in [-0.39, 0.29) is 11.9 Å². The van der Waals surface area contributed by atoms with Gasteiger partial charge in [0.2, 0.25) is 0 Å². The first-order valence-electron chi connectivity index (χ1n) is 9.03. The molecule has 2 aromatic rings. The van der Waals surface area contributed by atoms with E-state index in [0.717, 1.165) is 11.1 Å². The van der Waals surface area contributed by atoms with Gasteiger partial charge < -0.3 is 10.1 Å². The summed E-state index contributed by atoms with van der Waals surface area (Å²) >= 11 is 6.05. The van der Waals surface area contributed by atoms with Crippen molar-refractivity contribution in [1.82, 2.24) is 5.32 Å². The zero-order chi connectivity index (χ0) is 19.4. The van der Waals surface area contributed by atoms with E-state index in [1.165, 1.54) is 16.7 Å². The number of rotatable bonds is 6. The van der Waals surface area contributed by atoms with Gasteiger partial charge in [-0.3, -0.25) is 4.79 Å². The van der Waals surface area contributed by atoms with Crippen LogP contribution in [0.4, 0.5) is 0 Å². The molecule has 3 nitrogen and oxygen atoms in total. The zero-order valence-corrected chi connectivity index (χ0v) is 17.2. The molecule has 1 amide bonds. The monoisotopic (exact) mass is 373 g/mol. The molecule has 26 heavy (non-hydrogen) atoms. The maximum Gasteiger partial charge on any atom is 0.261 e. The first kappa shape index (κ1) is 20.3. The van der Waals surface area contributed by atoms with Gasteiger partial charge >= 0.3 is 0 Å². The summed E-state index contributed by atoms with van der Waals surface area (Å²) in [6.07, 6.45) is 0.0523. The Hall–Kier alpha value is -2.00. The van der Waals surface area contributed by atoms with Crippen LogP contribution in [0.2, 0.25) is 5.02 Å². The Kier molecular flexibility index (Phi) is 6.71. The van der Waals surface area contributed by atoms with Crippen LogP contribution in [0.25, 0.3) is 0 Å². The standard InChI is InChI=1S/C22H28ClNO2/c1-7-21(26-18-8-9-20(23)16(5)11-18)22(25)24-17(6)19-12-14(3)13(2)10-15(19)4/h8-12,17,21H,7H2,1-6H3,(H,24,25)/t17-,21+/m1/s1.